The van der Waals surface area contributed by atoms with Crippen LogP contribution in [0.3, 0.4) is 0 Å². The third-order valence-corrected chi connectivity index (χ3v) is 9.38. The number of benzene rings is 2. The van der Waals surface area contributed by atoms with E-state index >= 15 is 0 Å². The van der Waals surface area contributed by atoms with Crippen LogP contribution < -0.4 is 9.47 Å². The van der Waals surface area contributed by atoms with Gasteiger partial charge in [0.1, 0.15) is 6.61 Å². The number of ether oxygens (including phenoxy) is 3. The van der Waals surface area contributed by atoms with E-state index in [4.69, 9.17) is 14.2 Å². The van der Waals surface area contributed by atoms with Crippen molar-refractivity contribution in [1.82, 2.24) is 4.90 Å². The van der Waals surface area contributed by atoms with Gasteiger partial charge in [-0.05, 0) is 81.9 Å². The molecule has 0 radical (unpaired) electrons. The first kappa shape index (κ1) is 32.9. The topological polar surface area (TPSA) is 102 Å². The lowest BCUT2D eigenvalue weighted by Gasteiger charge is -2.49. The second-order valence-corrected chi connectivity index (χ2v) is 14.6. The molecule has 0 bridgehead atoms. The Hall–Kier alpha value is -3.43. The molecule has 0 aromatic heterocycles. The molecular formula is C36H42BrNO7. The molecule has 0 saturated heterocycles. The highest BCUT2D eigenvalue weighted by Gasteiger charge is 2.49. The number of allylic oxidation sites excluding steroid dienone is 4. The maximum absolute atomic E-state index is 14.1. The number of aromatic carboxylic acids is 1. The minimum Gasteiger partial charge on any atom is -0.490 e. The molecule has 2 aliphatic carbocycles. The van der Waals surface area contributed by atoms with Crippen LogP contribution in [0.5, 0.6) is 11.5 Å². The highest BCUT2D eigenvalue weighted by atomic mass is 79.9. The third kappa shape index (κ3) is 6.75. The van der Waals surface area contributed by atoms with Crippen molar-refractivity contribution in [2.75, 3.05) is 26.9 Å². The lowest BCUT2D eigenvalue weighted by atomic mass is 9.63. The Labute approximate surface area is 273 Å². The summed E-state index contributed by atoms with van der Waals surface area (Å²) < 4.78 is 18.5. The van der Waals surface area contributed by atoms with Crippen LogP contribution in [-0.4, -0.2) is 54.4 Å². The SMILES string of the molecule is CCOc1cc(C2C3=C(CC(C)(C)CC3=O)N(CCOC)C3=C2C(=O)CC(C)(C)C3)cc(Br)c1OCc1ccc(C(=O)O)cc1. The number of rotatable bonds is 10. The number of nitrogens with zero attached hydrogens (tertiary/aromatic N) is 1. The molecule has 0 unspecified atom stereocenters. The Balaban J connectivity index is 1.63. The summed E-state index contributed by atoms with van der Waals surface area (Å²) >= 11 is 3.72. The van der Waals surface area contributed by atoms with Gasteiger partial charge >= 0.3 is 5.97 Å². The number of hydrogen-bond acceptors (Lipinski definition) is 7. The van der Waals surface area contributed by atoms with Gasteiger partial charge in [0.25, 0.3) is 0 Å². The Morgan fingerprint density at radius 1 is 0.933 bits per heavy atom. The first-order valence-electron chi connectivity index (χ1n) is 15.5. The molecule has 240 valence electrons. The van der Waals surface area contributed by atoms with Crippen LogP contribution in [0.15, 0.2) is 63.4 Å². The summed E-state index contributed by atoms with van der Waals surface area (Å²) in [4.78, 5) is 41.6. The molecule has 0 fully saturated rings. The standard InChI is InChI=1S/C36H42BrNO7/c1-7-44-29-15-23(14-24(37)33(29)45-20-21-8-10-22(11-9-21)34(41)42)30-31-25(16-35(2,3)18-27(31)39)38(12-13-43-6)26-17-36(4,5)19-28(40)32(26)30/h8-11,14-15,30H,7,12-13,16-20H2,1-6H3,(H,41,42). The molecule has 9 heteroatoms. The lowest BCUT2D eigenvalue weighted by molar-refractivity contribution is -0.119. The molecule has 1 aliphatic heterocycles. The van der Waals surface area contributed by atoms with Crippen LogP contribution in [0, 0.1) is 10.8 Å². The lowest BCUT2D eigenvalue weighted by Crippen LogP contribution is -2.45. The predicted octanol–water partition coefficient (Wildman–Crippen LogP) is 7.46. The van der Waals surface area contributed by atoms with Gasteiger partial charge in [-0.3, -0.25) is 9.59 Å². The maximum atomic E-state index is 14.1. The van der Waals surface area contributed by atoms with E-state index in [1.54, 1.807) is 31.4 Å². The van der Waals surface area contributed by atoms with Crippen molar-refractivity contribution in [3.63, 3.8) is 0 Å². The van der Waals surface area contributed by atoms with Gasteiger partial charge in [0, 0.05) is 55.0 Å². The van der Waals surface area contributed by atoms with Gasteiger partial charge in [0.15, 0.2) is 23.1 Å². The van der Waals surface area contributed by atoms with E-state index in [9.17, 15) is 19.5 Å². The summed E-state index contributed by atoms with van der Waals surface area (Å²) in [6, 6.07) is 10.4. The number of Topliss-reactive ketones (excluding diaryl/α,β-unsaturated/α-hetero) is 2. The van der Waals surface area contributed by atoms with E-state index in [0.717, 1.165) is 35.4 Å². The van der Waals surface area contributed by atoms with Crippen molar-refractivity contribution in [2.45, 2.75) is 72.8 Å². The second kappa shape index (κ2) is 12.8. The molecule has 1 N–H and O–H groups in total. The summed E-state index contributed by atoms with van der Waals surface area (Å²) in [6.07, 6.45) is 2.26. The first-order chi connectivity index (χ1) is 21.2. The fraction of sp³-hybridized carbons (Fsp3) is 0.472. The Morgan fingerprint density at radius 3 is 2.02 bits per heavy atom. The van der Waals surface area contributed by atoms with Crippen LogP contribution in [0.25, 0.3) is 0 Å². The normalized spacial score (nSPS) is 19.4. The van der Waals surface area contributed by atoms with E-state index in [1.807, 2.05) is 19.1 Å². The number of carbonyl (C=O) groups excluding carboxylic acids is 2. The highest BCUT2D eigenvalue weighted by molar-refractivity contribution is 9.10. The van der Waals surface area contributed by atoms with Crippen LogP contribution in [-0.2, 0) is 20.9 Å². The second-order valence-electron chi connectivity index (χ2n) is 13.7. The molecule has 3 aliphatic rings. The van der Waals surface area contributed by atoms with Gasteiger partial charge in [0.05, 0.1) is 23.2 Å². The van der Waals surface area contributed by atoms with Crippen molar-refractivity contribution in [2.24, 2.45) is 10.8 Å². The molecule has 0 saturated carbocycles. The zero-order valence-electron chi connectivity index (χ0n) is 26.9. The largest absolute Gasteiger partial charge is 0.490 e. The Bertz CT molecular complexity index is 1530. The van der Waals surface area contributed by atoms with E-state index in [0.29, 0.717) is 59.7 Å². The number of carboxylic acid groups (broad SMARTS) is 1. The van der Waals surface area contributed by atoms with Crippen molar-refractivity contribution >= 4 is 33.5 Å². The van der Waals surface area contributed by atoms with Gasteiger partial charge < -0.3 is 24.2 Å². The molecule has 8 nitrogen and oxygen atoms in total. The minimum atomic E-state index is -0.986. The number of hydrogen-bond donors (Lipinski definition) is 1. The van der Waals surface area contributed by atoms with Crippen LogP contribution in [0.2, 0.25) is 0 Å². The van der Waals surface area contributed by atoms with E-state index in [-0.39, 0.29) is 34.6 Å². The Morgan fingerprint density at radius 2 is 1.51 bits per heavy atom. The summed E-state index contributed by atoms with van der Waals surface area (Å²) in [5, 5.41) is 9.22. The quantitative estimate of drug-likeness (QED) is 0.276. The Kier molecular flexibility index (Phi) is 9.34. The van der Waals surface area contributed by atoms with Crippen LogP contribution in [0.4, 0.5) is 0 Å². The van der Waals surface area contributed by atoms with Gasteiger partial charge in [0.2, 0.25) is 0 Å². The molecule has 45 heavy (non-hydrogen) atoms. The summed E-state index contributed by atoms with van der Waals surface area (Å²) in [5.41, 5.74) is 4.75. The van der Waals surface area contributed by atoms with Crippen LogP contribution >= 0.6 is 15.9 Å². The summed E-state index contributed by atoms with van der Waals surface area (Å²) in [7, 11) is 1.67. The van der Waals surface area contributed by atoms with Crippen molar-refractivity contribution in [3.05, 3.63) is 80.1 Å². The maximum Gasteiger partial charge on any atom is 0.335 e. The summed E-state index contributed by atoms with van der Waals surface area (Å²) in [6.45, 7) is 12.0. The average molecular weight is 681 g/mol. The molecule has 0 spiro atoms. The molecule has 2 aromatic carbocycles. The molecule has 5 rings (SSSR count). The first-order valence-corrected chi connectivity index (χ1v) is 16.2. The molecule has 0 amide bonds. The molecule has 0 atom stereocenters. The van der Waals surface area contributed by atoms with Crippen molar-refractivity contribution < 1.29 is 33.7 Å². The monoisotopic (exact) mass is 679 g/mol. The van der Waals surface area contributed by atoms with E-state index in [2.05, 4.69) is 48.5 Å². The number of halogens is 1. The summed E-state index contributed by atoms with van der Waals surface area (Å²) in [5.74, 6) is -0.373. The minimum absolute atomic E-state index is 0.0667. The van der Waals surface area contributed by atoms with Gasteiger partial charge in [-0.1, -0.05) is 39.8 Å². The average Bonchev–Trinajstić information content (AvgIpc) is 2.94. The number of carbonyl (C=O) groups is 3. The van der Waals surface area contributed by atoms with Crippen molar-refractivity contribution in [3.8, 4) is 11.5 Å². The van der Waals surface area contributed by atoms with Crippen LogP contribution in [0.1, 0.15) is 87.7 Å². The highest BCUT2D eigenvalue weighted by Crippen LogP contribution is 2.55. The fourth-order valence-corrected chi connectivity index (χ4v) is 7.46. The third-order valence-electron chi connectivity index (χ3n) is 8.79. The number of methoxy groups -OCH3 is 1. The molecule has 2 aromatic rings. The van der Waals surface area contributed by atoms with Gasteiger partial charge in [-0.15, -0.1) is 0 Å². The number of carboxylic acids is 1. The molecular weight excluding hydrogens is 638 g/mol. The van der Waals surface area contributed by atoms with Crippen molar-refractivity contribution in [1.29, 1.82) is 0 Å². The number of ketones is 2. The molecule has 1 heterocycles. The van der Waals surface area contributed by atoms with Gasteiger partial charge in [-0.25, -0.2) is 4.79 Å². The van der Waals surface area contributed by atoms with Gasteiger partial charge in [-0.2, -0.15) is 0 Å². The smallest absolute Gasteiger partial charge is 0.335 e. The fourth-order valence-electron chi connectivity index (χ4n) is 6.89. The zero-order valence-corrected chi connectivity index (χ0v) is 28.5. The van der Waals surface area contributed by atoms with E-state index < -0.39 is 11.9 Å². The van der Waals surface area contributed by atoms with E-state index in [1.165, 1.54) is 0 Å². The zero-order chi connectivity index (χ0) is 32.7. The predicted molar refractivity (Wildman–Crippen MR) is 174 cm³/mol.